The lowest BCUT2D eigenvalue weighted by Crippen LogP contribution is -2.36. The van der Waals surface area contributed by atoms with Crippen LogP contribution in [0.15, 0.2) is 41.6 Å². The third-order valence-corrected chi connectivity index (χ3v) is 4.99. The highest BCUT2D eigenvalue weighted by molar-refractivity contribution is 5.79. The maximum atomic E-state index is 13.0. The number of rotatable bonds is 6. The number of carbonyl (C=O) groups is 1. The second kappa shape index (κ2) is 7.30. The Morgan fingerprint density at radius 1 is 1.26 bits per heavy atom. The Kier molecular flexibility index (Phi) is 4.70. The van der Waals surface area contributed by atoms with Crippen LogP contribution in [0.3, 0.4) is 0 Å². The van der Waals surface area contributed by atoms with E-state index in [1.807, 2.05) is 0 Å². The number of nitrogens with zero attached hydrogens (tertiary/aromatic N) is 4. The van der Waals surface area contributed by atoms with Crippen molar-refractivity contribution in [2.45, 2.75) is 32.4 Å². The van der Waals surface area contributed by atoms with Crippen LogP contribution in [0.5, 0.6) is 0 Å². The van der Waals surface area contributed by atoms with Gasteiger partial charge in [0.05, 0.1) is 19.3 Å². The second-order valence-corrected chi connectivity index (χ2v) is 6.83. The Morgan fingerprint density at radius 2 is 2.04 bits per heavy atom. The smallest absolute Gasteiger partial charge is 0.264 e. The normalized spacial score (nSPS) is 14.3. The quantitative estimate of drug-likeness (QED) is 0.717. The molecule has 2 heterocycles. The summed E-state index contributed by atoms with van der Waals surface area (Å²) < 4.78 is 16.1. The van der Waals surface area contributed by atoms with Gasteiger partial charge in [-0.2, -0.15) is 5.10 Å². The number of carbonyl (C=O) groups excluding carboxylic acids is 1. The molecule has 1 fully saturated rings. The lowest BCUT2D eigenvalue weighted by atomic mass is 9.85. The maximum Gasteiger partial charge on any atom is 0.264 e. The van der Waals surface area contributed by atoms with E-state index in [-0.39, 0.29) is 23.2 Å². The van der Waals surface area contributed by atoms with E-state index in [2.05, 4.69) is 15.4 Å². The Hall–Kier alpha value is -3.03. The second-order valence-electron chi connectivity index (χ2n) is 6.83. The van der Waals surface area contributed by atoms with Gasteiger partial charge >= 0.3 is 0 Å². The van der Waals surface area contributed by atoms with Gasteiger partial charge in [0.2, 0.25) is 5.91 Å². The third-order valence-electron chi connectivity index (χ3n) is 4.99. The van der Waals surface area contributed by atoms with Gasteiger partial charge < -0.3 is 5.32 Å². The molecule has 3 aromatic rings. The van der Waals surface area contributed by atoms with E-state index in [1.54, 1.807) is 16.8 Å². The molecule has 140 valence electrons. The molecule has 0 bridgehead atoms. The van der Waals surface area contributed by atoms with Gasteiger partial charge in [0.15, 0.2) is 5.65 Å². The number of fused-ring (bicyclic) bond motifs is 1. The lowest BCUT2D eigenvalue weighted by Gasteiger charge is -2.23. The first-order chi connectivity index (χ1) is 13.1. The first-order valence-corrected chi connectivity index (χ1v) is 9.05. The third kappa shape index (κ3) is 3.60. The predicted octanol–water partition coefficient (Wildman–Crippen LogP) is 1.70. The average Bonchev–Trinajstić information content (AvgIpc) is 3.02. The molecule has 1 N–H and O–H groups in total. The maximum absolute atomic E-state index is 13.0. The summed E-state index contributed by atoms with van der Waals surface area (Å²) in [5.41, 5.74) is 1.10. The van der Waals surface area contributed by atoms with Gasteiger partial charge in [-0.3, -0.25) is 14.2 Å². The zero-order valence-electron chi connectivity index (χ0n) is 14.8. The van der Waals surface area contributed by atoms with Crippen LogP contribution in [0.2, 0.25) is 0 Å². The molecule has 2 aromatic heterocycles. The molecule has 0 atom stereocenters. The van der Waals surface area contributed by atoms with Crippen LogP contribution in [0.25, 0.3) is 11.0 Å². The molecule has 8 heteroatoms. The van der Waals surface area contributed by atoms with Gasteiger partial charge in [0, 0.05) is 12.5 Å². The largest absolute Gasteiger partial charge is 0.354 e. The molecule has 7 nitrogen and oxygen atoms in total. The molecule has 0 radical (unpaired) electrons. The van der Waals surface area contributed by atoms with Gasteiger partial charge in [-0.25, -0.2) is 14.1 Å². The van der Waals surface area contributed by atoms with Crippen molar-refractivity contribution in [1.29, 1.82) is 0 Å². The Balaban J connectivity index is 1.46. The predicted molar refractivity (Wildman–Crippen MR) is 97.6 cm³/mol. The minimum atomic E-state index is -0.314. The molecule has 1 aromatic carbocycles. The first kappa shape index (κ1) is 17.4. The summed E-state index contributed by atoms with van der Waals surface area (Å²) in [6, 6.07) is 6.00. The van der Waals surface area contributed by atoms with E-state index in [1.165, 1.54) is 29.2 Å². The van der Waals surface area contributed by atoms with Crippen LogP contribution in [0.1, 0.15) is 24.8 Å². The molecule has 1 aliphatic carbocycles. The fourth-order valence-corrected chi connectivity index (χ4v) is 3.16. The van der Waals surface area contributed by atoms with Crippen LogP contribution in [0, 0.1) is 11.7 Å². The van der Waals surface area contributed by atoms with Crippen molar-refractivity contribution in [1.82, 2.24) is 24.6 Å². The van der Waals surface area contributed by atoms with Gasteiger partial charge in [0.1, 0.15) is 17.5 Å². The molecule has 27 heavy (non-hydrogen) atoms. The van der Waals surface area contributed by atoms with Crippen LogP contribution in [-0.4, -0.2) is 31.8 Å². The van der Waals surface area contributed by atoms with E-state index in [4.69, 9.17) is 0 Å². The molecule has 1 aliphatic rings. The molecular formula is C19H20FN5O2. The molecule has 0 saturated heterocycles. The fraction of sp³-hybridized carbons (Fsp3) is 0.368. The monoisotopic (exact) mass is 369 g/mol. The number of aromatic nitrogens is 4. The van der Waals surface area contributed by atoms with E-state index in [9.17, 15) is 14.0 Å². The topological polar surface area (TPSA) is 81.8 Å². The van der Waals surface area contributed by atoms with Crippen LogP contribution < -0.4 is 10.9 Å². The molecule has 4 rings (SSSR count). The van der Waals surface area contributed by atoms with E-state index in [0.29, 0.717) is 30.7 Å². The number of benzene rings is 1. The number of hydrogen-bond donors (Lipinski definition) is 1. The van der Waals surface area contributed by atoms with E-state index < -0.39 is 0 Å². The molecule has 0 unspecified atom stereocenters. The van der Waals surface area contributed by atoms with Gasteiger partial charge in [-0.15, -0.1) is 0 Å². The zero-order valence-corrected chi connectivity index (χ0v) is 14.8. The summed E-state index contributed by atoms with van der Waals surface area (Å²) in [4.78, 5) is 28.9. The molecule has 0 aliphatic heterocycles. The first-order valence-electron chi connectivity index (χ1n) is 9.05. The Labute approximate surface area is 154 Å². The highest BCUT2D eigenvalue weighted by Crippen LogP contribution is 2.26. The van der Waals surface area contributed by atoms with Gasteiger partial charge in [-0.05, 0) is 30.5 Å². The van der Waals surface area contributed by atoms with Crippen molar-refractivity contribution in [2.24, 2.45) is 5.92 Å². The summed E-state index contributed by atoms with van der Waals surface area (Å²) in [7, 11) is 0. The van der Waals surface area contributed by atoms with Crippen LogP contribution >= 0.6 is 0 Å². The van der Waals surface area contributed by atoms with Crippen molar-refractivity contribution >= 4 is 16.9 Å². The summed E-state index contributed by atoms with van der Waals surface area (Å²) in [6.07, 6.45) is 6.02. The van der Waals surface area contributed by atoms with Crippen molar-refractivity contribution in [2.75, 3.05) is 6.54 Å². The Bertz CT molecular complexity index is 1020. The standard InChI is InChI=1S/C19H20FN5O2/c20-15-6-4-13(5-7-15)11-24-12-22-17-16(19(24)27)10-23-25(17)9-8-21-18(26)14-2-1-3-14/h4-7,10,12,14H,1-3,8-9,11H2,(H,21,26). The fourth-order valence-electron chi connectivity index (χ4n) is 3.16. The summed E-state index contributed by atoms with van der Waals surface area (Å²) in [5.74, 6) is -0.0752. The zero-order chi connectivity index (χ0) is 18.8. The summed E-state index contributed by atoms with van der Waals surface area (Å²) in [6.45, 7) is 1.22. The molecular weight excluding hydrogens is 349 g/mol. The molecule has 0 spiro atoms. The van der Waals surface area contributed by atoms with Crippen LogP contribution in [0.4, 0.5) is 4.39 Å². The number of halogens is 1. The Morgan fingerprint density at radius 3 is 2.74 bits per heavy atom. The summed E-state index contributed by atoms with van der Waals surface area (Å²) in [5, 5.41) is 7.56. The van der Waals surface area contributed by atoms with E-state index in [0.717, 1.165) is 24.8 Å². The molecule has 1 amide bonds. The van der Waals surface area contributed by atoms with Crippen molar-refractivity contribution in [3.8, 4) is 0 Å². The number of nitrogens with one attached hydrogen (secondary N) is 1. The van der Waals surface area contributed by atoms with Crippen LogP contribution in [-0.2, 0) is 17.9 Å². The number of amides is 1. The highest BCUT2D eigenvalue weighted by atomic mass is 19.1. The highest BCUT2D eigenvalue weighted by Gasteiger charge is 2.24. The minimum Gasteiger partial charge on any atom is -0.354 e. The minimum absolute atomic E-state index is 0.0901. The number of hydrogen-bond acceptors (Lipinski definition) is 4. The molecule has 1 saturated carbocycles. The van der Waals surface area contributed by atoms with Crippen molar-refractivity contribution in [3.05, 3.63) is 58.5 Å². The SMILES string of the molecule is O=C(NCCn1ncc2c(=O)n(Cc3ccc(F)cc3)cnc21)C1CCC1. The lowest BCUT2D eigenvalue weighted by molar-refractivity contribution is -0.127. The summed E-state index contributed by atoms with van der Waals surface area (Å²) >= 11 is 0. The van der Waals surface area contributed by atoms with Gasteiger partial charge in [0.25, 0.3) is 5.56 Å². The van der Waals surface area contributed by atoms with Crippen molar-refractivity contribution in [3.63, 3.8) is 0 Å². The van der Waals surface area contributed by atoms with Gasteiger partial charge in [-0.1, -0.05) is 18.6 Å². The van der Waals surface area contributed by atoms with E-state index >= 15 is 0 Å². The average molecular weight is 369 g/mol. The van der Waals surface area contributed by atoms with Crippen molar-refractivity contribution < 1.29 is 9.18 Å².